The zero-order chi connectivity index (χ0) is 12.9. The molecule has 0 heterocycles. The van der Waals surface area contributed by atoms with E-state index in [2.05, 4.69) is 5.32 Å². The van der Waals surface area contributed by atoms with Crippen LogP contribution in [0.5, 0.6) is 0 Å². The molecule has 0 saturated heterocycles. The summed E-state index contributed by atoms with van der Waals surface area (Å²) in [6, 6.07) is 0. The van der Waals surface area contributed by atoms with Crippen LogP contribution in [0, 0.1) is 0 Å². The van der Waals surface area contributed by atoms with Crippen LogP contribution in [0.1, 0.15) is 38.5 Å². The zero-order valence-electron chi connectivity index (χ0n) is 10.8. The summed E-state index contributed by atoms with van der Waals surface area (Å²) in [4.78, 5) is 11.7. The molecule has 0 aliphatic heterocycles. The Hall–Kier alpha value is -0.330. The first-order valence-corrected chi connectivity index (χ1v) is 8.12. The summed E-state index contributed by atoms with van der Waals surface area (Å²) in [5.74, 6) is -0.0169. The van der Waals surface area contributed by atoms with E-state index in [1.54, 1.807) is 0 Å². The molecule has 0 radical (unpaired) electrons. The Bertz CT molecular complexity index is 364. The summed E-state index contributed by atoms with van der Waals surface area (Å²) in [6.07, 6.45) is 5.88. The number of nitrogens with one attached hydrogen (secondary N) is 1. The summed E-state index contributed by atoms with van der Waals surface area (Å²) in [6.45, 7) is 0.463. The van der Waals surface area contributed by atoms with Crippen LogP contribution in [0.3, 0.4) is 0 Å². The highest BCUT2D eigenvalue weighted by molar-refractivity contribution is 7.90. The molecule has 1 aliphatic carbocycles. The molecule has 0 unspecified atom stereocenters. The van der Waals surface area contributed by atoms with Crippen molar-refractivity contribution in [2.45, 2.75) is 44.1 Å². The zero-order valence-corrected chi connectivity index (χ0v) is 12.4. The summed E-state index contributed by atoms with van der Waals surface area (Å²) >= 11 is 0. The van der Waals surface area contributed by atoms with Gasteiger partial charge in [-0.25, -0.2) is 8.42 Å². The first-order valence-electron chi connectivity index (χ1n) is 6.06. The summed E-state index contributed by atoms with van der Waals surface area (Å²) in [5.41, 5.74) is 5.47. The van der Waals surface area contributed by atoms with Crippen molar-refractivity contribution in [1.29, 1.82) is 0 Å². The van der Waals surface area contributed by atoms with Crippen molar-refractivity contribution < 1.29 is 13.2 Å². The number of carbonyl (C=O) groups excluding carboxylic acids is 1. The van der Waals surface area contributed by atoms with Gasteiger partial charge in [-0.15, -0.1) is 12.4 Å². The van der Waals surface area contributed by atoms with Crippen LogP contribution in [0.2, 0.25) is 0 Å². The van der Waals surface area contributed by atoms with Crippen molar-refractivity contribution in [1.82, 2.24) is 5.32 Å². The van der Waals surface area contributed by atoms with Crippen LogP contribution in [-0.4, -0.2) is 38.4 Å². The van der Waals surface area contributed by atoms with Crippen LogP contribution in [0.25, 0.3) is 0 Å². The minimum atomic E-state index is -2.97. The van der Waals surface area contributed by atoms with E-state index in [4.69, 9.17) is 5.73 Å². The molecule has 7 heteroatoms. The van der Waals surface area contributed by atoms with Gasteiger partial charge in [-0.3, -0.25) is 4.79 Å². The van der Waals surface area contributed by atoms with Crippen LogP contribution >= 0.6 is 12.4 Å². The lowest BCUT2D eigenvalue weighted by Crippen LogP contribution is -2.51. The maximum atomic E-state index is 11.7. The fraction of sp³-hybridized carbons (Fsp3) is 0.909. The van der Waals surface area contributed by atoms with Gasteiger partial charge in [-0.1, -0.05) is 12.8 Å². The van der Waals surface area contributed by atoms with Crippen molar-refractivity contribution in [3.8, 4) is 0 Å². The Morgan fingerprint density at radius 3 is 2.33 bits per heavy atom. The molecule has 0 aromatic heterocycles. The van der Waals surface area contributed by atoms with Gasteiger partial charge in [-0.05, 0) is 19.3 Å². The molecule has 18 heavy (non-hydrogen) atoms. The van der Waals surface area contributed by atoms with E-state index < -0.39 is 9.84 Å². The van der Waals surface area contributed by atoms with Gasteiger partial charge in [0.25, 0.3) is 0 Å². The Kier molecular flexibility index (Phi) is 7.17. The average Bonchev–Trinajstić information content (AvgIpc) is 2.65. The quantitative estimate of drug-likeness (QED) is 0.752. The second-order valence-electron chi connectivity index (χ2n) is 4.97. The van der Waals surface area contributed by atoms with Gasteiger partial charge in [0.15, 0.2) is 0 Å². The molecule has 1 amide bonds. The number of sulfone groups is 1. The van der Waals surface area contributed by atoms with Crippen molar-refractivity contribution in [2.24, 2.45) is 5.73 Å². The first kappa shape index (κ1) is 17.7. The highest BCUT2D eigenvalue weighted by Crippen LogP contribution is 2.28. The largest absolute Gasteiger partial charge is 0.349 e. The van der Waals surface area contributed by atoms with E-state index in [0.717, 1.165) is 25.7 Å². The fourth-order valence-electron chi connectivity index (χ4n) is 2.29. The number of hydrogen-bond acceptors (Lipinski definition) is 4. The molecule has 0 atom stereocenters. The normalized spacial score (nSPS) is 18.1. The lowest BCUT2D eigenvalue weighted by atomic mass is 9.97. The van der Waals surface area contributed by atoms with Crippen molar-refractivity contribution in [3.63, 3.8) is 0 Å². The molecule has 108 valence electrons. The molecular formula is C11H23ClN2O3S. The third kappa shape index (κ3) is 6.02. The minimum Gasteiger partial charge on any atom is -0.349 e. The molecule has 1 aliphatic rings. The molecule has 5 nitrogen and oxygen atoms in total. The van der Waals surface area contributed by atoms with Gasteiger partial charge in [-0.2, -0.15) is 0 Å². The number of amides is 1. The van der Waals surface area contributed by atoms with Crippen LogP contribution < -0.4 is 11.1 Å². The van der Waals surface area contributed by atoms with Gasteiger partial charge in [0.05, 0.1) is 11.3 Å². The minimum absolute atomic E-state index is 0. The van der Waals surface area contributed by atoms with Gasteiger partial charge in [0.2, 0.25) is 5.91 Å². The summed E-state index contributed by atoms with van der Waals surface area (Å²) < 4.78 is 21.8. The van der Waals surface area contributed by atoms with Crippen molar-refractivity contribution in [3.05, 3.63) is 0 Å². The molecule has 1 saturated carbocycles. The maximum absolute atomic E-state index is 11.7. The number of hydrogen-bond donors (Lipinski definition) is 2. The lowest BCUT2D eigenvalue weighted by molar-refractivity contribution is -0.122. The monoisotopic (exact) mass is 298 g/mol. The number of halogens is 1. The van der Waals surface area contributed by atoms with E-state index in [-0.39, 0.29) is 36.0 Å². The third-order valence-corrected chi connectivity index (χ3v) is 4.31. The summed E-state index contributed by atoms with van der Waals surface area (Å²) in [5, 5.41) is 2.97. The van der Waals surface area contributed by atoms with Crippen LogP contribution in [-0.2, 0) is 14.6 Å². The third-order valence-electron chi connectivity index (χ3n) is 3.27. The molecule has 0 bridgehead atoms. The summed E-state index contributed by atoms with van der Waals surface area (Å²) in [7, 11) is -2.97. The molecule has 0 aromatic rings. The standard InChI is InChI=1S/C11H22N2O3S.ClH/c1-17(15,16)8-4-5-10(14)13-11(9-12)6-2-3-7-11;/h2-9,12H2,1H3,(H,13,14);1H. The lowest BCUT2D eigenvalue weighted by Gasteiger charge is -2.28. The highest BCUT2D eigenvalue weighted by Gasteiger charge is 2.33. The van der Waals surface area contributed by atoms with E-state index in [9.17, 15) is 13.2 Å². The molecule has 3 N–H and O–H groups in total. The Morgan fingerprint density at radius 2 is 1.89 bits per heavy atom. The van der Waals surface area contributed by atoms with E-state index in [1.165, 1.54) is 6.26 Å². The number of nitrogens with two attached hydrogens (primary N) is 1. The first-order chi connectivity index (χ1) is 7.87. The fourth-order valence-corrected chi connectivity index (χ4v) is 2.95. The van der Waals surface area contributed by atoms with E-state index in [1.807, 2.05) is 0 Å². The molecular weight excluding hydrogens is 276 g/mol. The van der Waals surface area contributed by atoms with Gasteiger partial charge >= 0.3 is 0 Å². The van der Waals surface area contributed by atoms with Gasteiger partial charge in [0, 0.05) is 19.2 Å². The van der Waals surface area contributed by atoms with E-state index in [0.29, 0.717) is 13.0 Å². The number of rotatable bonds is 6. The van der Waals surface area contributed by atoms with Crippen LogP contribution in [0.15, 0.2) is 0 Å². The van der Waals surface area contributed by atoms with Crippen LogP contribution in [0.4, 0.5) is 0 Å². The maximum Gasteiger partial charge on any atom is 0.220 e. The Labute approximate surface area is 115 Å². The topological polar surface area (TPSA) is 89.3 Å². The number of carbonyl (C=O) groups is 1. The second-order valence-corrected chi connectivity index (χ2v) is 7.23. The molecule has 1 fully saturated rings. The predicted octanol–water partition coefficient (Wildman–Crippen LogP) is 0.621. The molecule has 1 rings (SSSR count). The Balaban J connectivity index is 0.00000289. The highest BCUT2D eigenvalue weighted by atomic mass is 35.5. The smallest absolute Gasteiger partial charge is 0.220 e. The molecule has 0 aromatic carbocycles. The van der Waals surface area contributed by atoms with Gasteiger partial charge < -0.3 is 11.1 Å². The van der Waals surface area contributed by atoms with Crippen molar-refractivity contribution in [2.75, 3.05) is 18.6 Å². The SMILES string of the molecule is CS(=O)(=O)CCCC(=O)NC1(CN)CCCC1.Cl. The van der Waals surface area contributed by atoms with Gasteiger partial charge in [0.1, 0.15) is 9.84 Å². The Morgan fingerprint density at radius 1 is 1.33 bits per heavy atom. The molecule has 0 spiro atoms. The average molecular weight is 299 g/mol. The predicted molar refractivity (Wildman–Crippen MR) is 74.6 cm³/mol. The van der Waals surface area contributed by atoms with Crippen molar-refractivity contribution >= 4 is 28.2 Å². The van der Waals surface area contributed by atoms with E-state index >= 15 is 0 Å². The second kappa shape index (κ2) is 7.31.